The lowest BCUT2D eigenvalue weighted by molar-refractivity contribution is 0.492. The van der Waals surface area contributed by atoms with Gasteiger partial charge in [0, 0.05) is 16.5 Å². The van der Waals surface area contributed by atoms with E-state index in [1.165, 1.54) is 6.07 Å². The van der Waals surface area contributed by atoms with Crippen LogP contribution in [0.4, 0.5) is 14.5 Å². The van der Waals surface area contributed by atoms with Gasteiger partial charge in [-0.3, -0.25) is 0 Å². The minimum absolute atomic E-state index is 0.143. The fourth-order valence-electron chi connectivity index (χ4n) is 1.43. The lowest BCUT2D eigenvalue weighted by atomic mass is 10.2. The predicted octanol–water partition coefficient (Wildman–Crippen LogP) is 4.49. The van der Waals surface area contributed by atoms with Crippen molar-refractivity contribution in [2.45, 2.75) is 10.6 Å². The molecular formula is C13H10ClF2NS. The molecule has 0 unspecified atom stereocenters. The lowest BCUT2D eigenvalue weighted by Crippen LogP contribution is -1.95. The molecule has 1 nitrogen and oxygen atoms in total. The van der Waals surface area contributed by atoms with Crippen LogP contribution in [0.2, 0.25) is 5.02 Å². The predicted molar refractivity (Wildman–Crippen MR) is 71.8 cm³/mol. The minimum Gasteiger partial charge on any atom is -0.398 e. The molecule has 0 amide bonds. The number of rotatable bonds is 3. The van der Waals surface area contributed by atoms with Gasteiger partial charge < -0.3 is 5.73 Å². The summed E-state index contributed by atoms with van der Waals surface area (Å²) in [5.74, 6) is -1.28. The Morgan fingerprint density at radius 3 is 2.39 bits per heavy atom. The number of anilines is 1. The topological polar surface area (TPSA) is 26.0 Å². The Hall–Kier alpha value is -1.26. The minimum atomic E-state index is -0.894. The van der Waals surface area contributed by atoms with E-state index in [0.717, 1.165) is 23.4 Å². The van der Waals surface area contributed by atoms with Crippen LogP contribution < -0.4 is 5.73 Å². The van der Waals surface area contributed by atoms with Crippen molar-refractivity contribution in [2.75, 3.05) is 5.73 Å². The molecule has 0 saturated carbocycles. The zero-order chi connectivity index (χ0) is 13.1. The molecule has 0 aliphatic heterocycles. The zero-order valence-electron chi connectivity index (χ0n) is 9.29. The van der Waals surface area contributed by atoms with E-state index in [-0.39, 0.29) is 10.6 Å². The van der Waals surface area contributed by atoms with E-state index >= 15 is 0 Å². The molecular weight excluding hydrogens is 276 g/mol. The molecule has 0 spiro atoms. The van der Waals surface area contributed by atoms with Gasteiger partial charge in [-0.25, -0.2) is 8.78 Å². The van der Waals surface area contributed by atoms with Crippen molar-refractivity contribution in [1.29, 1.82) is 0 Å². The summed E-state index contributed by atoms with van der Waals surface area (Å²) in [6, 6.07) is 9.57. The van der Waals surface area contributed by atoms with Gasteiger partial charge in [-0.15, -0.1) is 11.8 Å². The number of benzene rings is 2. The maximum atomic E-state index is 13.5. The Balaban J connectivity index is 2.15. The van der Waals surface area contributed by atoms with E-state index in [9.17, 15) is 8.78 Å². The Bertz CT molecular complexity index is 558. The molecule has 5 heteroatoms. The normalized spacial score (nSPS) is 10.6. The van der Waals surface area contributed by atoms with Gasteiger partial charge in [0.15, 0.2) is 11.6 Å². The summed E-state index contributed by atoms with van der Waals surface area (Å²) >= 11 is 6.93. The third-order valence-electron chi connectivity index (χ3n) is 2.38. The Morgan fingerprint density at radius 1 is 1.06 bits per heavy atom. The summed E-state index contributed by atoms with van der Waals surface area (Å²) in [5.41, 5.74) is 6.84. The van der Waals surface area contributed by atoms with Crippen LogP contribution in [-0.4, -0.2) is 0 Å². The summed E-state index contributed by atoms with van der Waals surface area (Å²) in [6.07, 6.45) is 0. The molecule has 0 bridgehead atoms. The van der Waals surface area contributed by atoms with Gasteiger partial charge in [-0.1, -0.05) is 23.7 Å². The highest BCUT2D eigenvalue weighted by Crippen LogP contribution is 2.32. The van der Waals surface area contributed by atoms with Crippen molar-refractivity contribution < 1.29 is 8.78 Å². The summed E-state index contributed by atoms with van der Waals surface area (Å²) in [4.78, 5) is 0.143. The van der Waals surface area contributed by atoms with Crippen LogP contribution in [0.1, 0.15) is 5.56 Å². The van der Waals surface area contributed by atoms with E-state index in [4.69, 9.17) is 17.3 Å². The van der Waals surface area contributed by atoms with E-state index in [1.54, 1.807) is 12.1 Å². The molecule has 2 aromatic rings. The molecule has 94 valence electrons. The molecule has 0 saturated heterocycles. The smallest absolute Gasteiger partial charge is 0.174 e. The first kappa shape index (κ1) is 13.2. The number of thioether (sulfide) groups is 1. The van der Waals surface area contributed by atoms with Gasteiger partial charge >= 0.3 is 0 Å². The second-order valence-corrected chi connectivity index (χ2v) is 5.12. The first-order valence-electron chi connectivity index (χ1n) is 5.18. The summed E-state index contributed by atoms with van der Waals surface area (Å²) in [5, 5.41) is 0.639. The van der Waals surface area contributed by atoms with Crippen molar-refractivity contribution in [1.82, 2.24) is 0 Å². The summed E-state index contributed by atoms with van der Waals surface area (Å²) in [7, 11) is 0. The number of nitrogens with two attached hydrogens (primary N) is 1. The number of hydrogen-bond donors (Lipinski definition) is 1. The molecule has 0 heterocycles. The van der Waals surface area contributed by atoms with Crippen LogP contribution in [0, 0.1) is 11.6 Å². The highest BCUT2D eigenvalue weighted by Gasteiger charge is 2.12. The molecule has 0 atom stereocenters. The van der Waals surface area contributed by atoms with Gasteiger partial charge in [0.2, 0.25) is 0 Å². The van der Waals surface area contributed by atoms with Crippen LogP contribution >= 0.6 is 23.4 Å². The van der Waals surface area contributed by atoms with E-state index in [0.29, 0.717) is 10.8 Å². The second kappa shape index (κ2) is 5.59. The number of nitrogen functional groups attached to an aromatic ring is 1. The standard InChI is InChI=1S/C13H10ClF2NS/c14-9-3-1-8(2-4-9)7-18-13-11(17)6-5-10(15)12(13)16/h1-6H,7,17H2. The quantitative estimate of drug-likeness (QED) is 0.664. The molecule has 0 aliphatic rings. The molecule has 18 heavy (non-hydrogen) atoms. The maximum Gasteiger partial charge on any atom is 0.174 e. The van der Waals surface area contributed by atoms with Crippen LogP contribution in [0.15, 0.2) is 41.3 Å². The van der Waals surface area contributed by atoms with Crippen molar-refractivity contribution >= 4 is 29.1 Å². The molecule has 2 aromatic carbocycles. The number of hydrogen-bond acceptors (Lipinski definition) is 2. The van der Waals surface area contributed by atoms with Crippen molar-refractivity contribution in [3.63, 3.8) is 0 Å². The Labute approximate surface area is 113 Å². The van der Waals surface area contributed by atoms with E-state index < -0.39 is 11.6 Å². The molecule has 2 N–H and O–H groups in total. The molecule has 0 aromatic heterocycles. The van der Waals surface area contributed by atoms with Crippen LogP contribution in [-0.2, 0) is 5.75 Å². The van der Waals surface area contributed by atoms with Crippen molar-refractivity contribution in [2.24, 2.45) is 0 Å². The van der Waals surface area contributed by atoms with Gasteiger partial charge in [-0.2, -0.15) is 0 Å². The Morgan fingerprint density at radius 2 is 1.72 bits per heavy atom. The molecule has 0 radical (unpaired) electrons. The van der Waals surface area contributed by atoms with E-state index in [2.05, 4.69) is 0 Å². The lowest BCUT2D eigenvalue weighted by Gasteiger charge is -2.07. The van der Waals surface area contributed by atoms with E-state index in [1.807, 2.05) is 12.1 Å². The zero-order valence-corrected chi connectivity index (χ0v) is 10.9. The third-order valence-corrected chi connectivity index (χ3v) is 3.81. The van der Waals surface area contributed by atoms with Gasteiger partial charge in [0.1, 0.15) is 0 Å². The second-order valence-electron chi connectivity index (χ2n) is 3.69. The van der Waals surface area contributed by atoms with Crippen molar-refractivity contribution in [3.05, 3.63) is 58.6 Å². The van der Waals surface area contributed by atoms with Crippen LogP contribution in [0.5, 0.6) is 0 Å². The van der Waals surface area contributed by atoms with Gasteiger partial charge in [0.25, 0.3) is 0 Å². The summed E-state index contributed by atoms with van der Waals surface area (Å²) in [6.45, 7) is 0. The van der Waals surface area contributed by atoms with Crippen molar-refractivity contribution in [3.8, 4) is 0 Å². The first-order chi connectivity index (χ1) is 8.58. The Kier molecular flexibility index (Phi) is 4.09. The van der Waals surface area contributed by atoms with Crippen LogP contribution in [0.3, 0.4) is 0 Å². The highest BCUT2D eigenvalue weighted by atomic mass is 35.5. The SMILES string of the molecule is Nc1ccc(F)c(F)c1SCc1ccc(Cl)cc1. The molecule has 0 fully saturated rings. The summed E-state index contributed by atoms with van der Waals surface area (Å²) < 4.78 is 26.6. The third kappa shape index (κ3) is 2.94. The monoisotopic (exact) mass is 285 g/mol. The molecule has 0 aliphatic carbocycles. The first-order valence-corrected chi connectivity index (χ1v) is 6.55. The number of halogens is 3. The average molecular weight is 286 g/mol. The van der Waals surface area contributed by atoms with Crippen LogP contribution in [0.25, 0.3) is 0 Å². The fourth-order valence-corrected chi connectivity index (χ4v) is 2.52. The van der Waals surface area contributed by atoms with Gasteiger partial charge in [-0.05, 0) is 29.8 Å². The largest absolute Gasteiger partial charge is 0.398 e. The highest BCUT2D eigenvalue weighted by molar-refractivity contribution is 7.98. The van der Waals surface area contributed by atoms with Gasteiger partial charge in [0.05, 0.1) is 4.90 Å². The fraction of sp³-hybridized carbons (Fsp3) is 0.0769. The average Bonchev–Trinajstić information content (AvgIpc) is 2.36. The maximum absolute atomic E-state index is 13.5. The molecule has 2 rings (SSSR count).